The van der Waals surface area contributed by atoms with Gasteiger partial charge in [0.15, 0.2) is 0 Å². The Morgan fingerprint density at radius 2 is 2.07 bits per heavy atom. The molecule has 1 aliphatic rings. The highest BCUT2D eigenvalue weighted by Gasteiger charge is 2.34. The maximum Gasteiger partial charge on any atom is 0.227 e. The number of nitrogens with one attached hydrogen (secondary N) is 1. The van der Waals surface area contributed by atoms with E-state index in [-0.39, 0.29) is 24.2 Å². The van der Waals surface area contributed by atoms with E-state index in [2.05, 4.69) is 16.5 Å². The number of carbonyl (C=O) groups excluding carboxylic acids is 2. The first kappa shape index (κ1) is 18.4. The van der Waals surface area contributed by atoms with Gasteiger partial charge in [0.05, 0.1) is 17.3 Å². The van der Waals surface area contributed by atoms with Crippen LogP contribution in [0.5, 0.6) is 0 Å². The Balaban J connectivity index is 1.31. The van der Waals surface area contributed by atoms with Gasteiger partial charge in [-0.2, -0.15) is 5.10 Å². The number of nitrogens with zero attached hydrogens (tertiary/aromatic N) is 3. The molecule has 3 aromatic rings. The summed E-state index contributed by atoms with van der Waals surface area (Å²) in [6.07, 6.45) is 0.254. The van der Waals surface area contributed by atoms with Crippen LogP contribution in [0.4, 0.5) is 5.69 Å². The van der Waals surface area contributed by atoms with Crippen molar-refractivity contribution in [3.8, 4) is 10.6 Å². The van der Waals surface area contributed by atoms with Crippen LogP contribution in [0.1, 0.15) is 12.1 Å². The zero-order chi connectivity index (χ0) is 19.5. The molecule has 1 aliphatic heterocycles. The van der Waals surface area contributed by atoms with E-state index < -0.39 is 0 Å². The van der Waals surface area contributed by atoms with E-state index in [0.29, 0.717) is 19.6 Å². The minimum Gasteiger partial charge on any atom is -0.354 e. The van der Waals surface area contributed by atoms with Crippen molar-refractivity contribution in [2.75, 3.05) is 18.0 Å². The summed E-state index contributed by atoms with van der Waals surface area (Å²) in [6.45, 7) is 3.53. The van der Waals surface area contributed by atoms with Gasteiger partial charge in [0.2, 0.25) is 11.8 Å². The Bertz CT molecular complexity index is 966. The summed E-state index contributed by atoms with van der Waals surface area (Å²) in [5, 5.41) is 9.62. The lowest BCUT2D eigenvalue weighted by Crippen LogP contribution is -2.35. The summed E-state index contributed by atoms with van der Waals surface area (Å²) in [4.78, 5) is 27.6. The first-order valence-corrected chi connectivity index (χ1v) is 10.2. The van der Waals surface area contributed by atoms with Crippen LogP contribution in [-0.4, -0.2) is 34.7 Å². The van der Waals surface area contributed by atoms with Gasteiger partial charge in [0.25, 0.3) is 0 Å². The molecule has 28 heavy (non-hydrogen) atoms. The number of amides is 2. The van der Waals surface area contributed by atoms with Crippen molar-refractivity contribution in [2.45, 2.75) is 19.9 Å². The van der Waals surface area contributed by atoms with Crippen molar-refractivity contribution in [3.05, 3.63) is 59.6 Å². The number of para-hydroxylation sites is 1. The van der Waals surface area contributed by atoms with Gasteiger partial charge < -0.3 is 10.2 Å². The Morgan fingerprint density at radius 3 is 2.82 bits per heavy atom. The Morgan fingerprint density at radius 1 is 1.25 bits per heavy atom. The molecule has 0 spiro atoms. The number of benzene rings is 1. The number of hydrogen-bond acceptors (Lipinski definition) is 4. The standard InChI is InChI=1S/C21H22N4O2S/c1-15-12-18(19-8-5-11-28-19)23-25(15)10-9-22-21(27)16-13-20(26)24(14-16)17-6-3-2-4-7-17/h2-8,11-12,16H,9-10,13-14H2,1H3,(H,22,27). The summed E-state index contributed by atoms with van der Waals surface area (Å²) >= 11 is 1.66. The van der Waals surface area contributed by atoms with Crippen molar-refractivity contribution in [2.24, 2.45) is 5.92 Å². The van der Waals surface area contributed by atoms with Crippen LogP contribution in [-0.2, 0) is 16.1 Å². The summed E-state index contributed by atoms with van der Waals surface area (Å²) in [6, 6.07) is 15.6. The first-order chi connectivity index (χ1) is 13.6. The molecule has 0 radical (unpaired) electrons. The largest absolute Gasteiger partial charge is 0.354 e. The average molecular weight is 395 g/mol. The van der Waals surface area contributed by atoms with E-state index in [1.807, 2.05) is 59.5 Å². The molecular weight excluding hydrogens is 372 g/mol. The van der Waals surface area contributed by atoms with Crippen LogP contribution in [0.3, 0.4) is 0 Å². The molecule has 144 valence electrons. The maximum atomic E-state index is 12.5. The molecule has 2 aromatic heterocycles. The molecule has 7 heteroatoms. The minimum absolute atomic E-state index is 0.00476. The molecule has 1 unspecified atom stereocenters. The van der Waals surface area contributed by atoms with Gasteiger partial charge in [-0.15, -0.1) is 11.3 Å². The second-order valence-corrected chi connectivity index (χ2v) is 7.85. The highest BCUT2D eigenvalue weighted by Crippen LogP contribution is 2.25. The average Bonchev–Trinajstić information content (AvgIpc) is 3.43. The second kappa shape index (κ2) is 7.98. The van der Waals surface area contributed by atoms with Crippen molar-refractivity contribution in [1.82, 2.24) is 15.1 Å². The summed E-state index contributed by atoms with van der Waals surface area (Å²) in [5.41, 5.74) is 2.86. The van der Waals surface area contributed by atoms with E-state index in [1.54, 1.807) is 16.2 Å². The fourth-order valence-electron chi connectivity index (χ4n) is 3.45. The third-order valence-corrected chi connectivity index (χ3v) is 5.83. The predicted molar refractivity (Wildman–Crippen MR) is 110 cm³/mol. The van der Waals surface area contributed by atoms with Crippen LogP contribution in [0.15, 0.2) is 53.9 Å². The van der Waals surface area contributed by atoms with Gasteiger partial charge in [-0.05, 0) is 36.6 Å². The van der Waals surface area contributed by atoms with E-state index in [9.17, 15) is 9.59 Å². The van der Waals surface area contributed by atoms with Crippen LogP contribution in [0, 0.1) is 12.8 Å². The van der Waals surface area contributed by atoms with Gasteiger partial charge in [-0.25, -0.2) is 0 Å². The highest BCUT2D eigenvalue weighted by molar-refractivity contribution is 7.13. The van der Waals surface area contributed by atoms with E-state index >= 15 is 0 Å². The molecule has 6 nitrogen and oxygen atoms in total. The minimum atomic E-state index is -0.312. The monoisotopic (exact) mass is 394 g/mol. The van der Waals surface area contributed by atoms with Crippen LogP contribution < -0.4 is 10.2 Å². The number of aromatic nitrogens is 2. The van der Waals surface area contributed by atoms with Gasteiger partial charge >= 0.3 is 0 Å². The number of aryl methyl sites for hydroxylation is 1. The molecule has 0 aliphatic carbocycles. The molecule has 1 fully saturated rings. The number of anilines is 1. The lowest BCUT2D eigenvalue weighted by Gasteiger charge is -2.16. The zero-order valence-corrected chi connectivity index (χ0v) is 16.5. The molecule has 1 aromatic carbocycles. The van der Waals surface area contributed by atoms with Crippen molar-refractivity contribution in [1.29, 1.82) is 0 Å². The highest BCUT2D eigenvalue weighted by atomic mass is 32.1. The molecule has 2 amide bonds. The number of carbonyl (C=O) groups is 2. The third-order valence-electron chi connectivity index (χ3n) is 4.94. The molecule has 0 bridgehead atoms. The van der Waals surface area contributed by atoms with Crippen LogP contribution >= 0.6 is 11.3 Å². The first-order valence-electron chi connectivity index (χ1n) is 9.33. The second-order valence-electron chi connectivity index (χ2n) is 6.90. The molecule has 1 saturated heterocycles. The predicted octanol–water partition coefficient (Wildman–Crippen LogP) is 3.09. The molecule has 1 atom stereocenters. The lowest BCUT2D eigenvalue weighted by molar-refractivity contribution is -0.126. The van der Waals surface area contributed by atoms with Gasteiger partial charge in [-0.1, -0.05) is 24.3 Å². The fourth-order valence-corrected chi connectivity index (χ4v) is 4.13. The van der Waals surface area contributed by atoms with Crippen molar-refractivity contribution in [3.63, 3.8) is 0 Å². The number of rotatable bonds is 6. The van der Waals surface area contributed by atoms with Gasteiger partial charge in [-0.3, -0.25) is 14.3 Å². The van der Waals surface area contributed by atoms with Crippen molar-refractivity contribution >= 4 is 28.8 Å². The fraction of sp³-hybridized carbons (Fsp3) is 0.286. The number of thiophene rings is 1. The van der Waals surface area contributed by atoms with E-state index in [4.69, 9.17) is 0 Å². The maximum absolute atomic E-state index is 12.5. The molecule has 0 saturated carbocycles. The summed E-state index contributed by atoms with van der Waals surface area (Å²) < 4.78 is 1.91. The SMILES string of the molecule is Cc1cc(-c2cccs2)nn1CCNC(=O)C1CC(=O)N(c2ccccc2)C1. The van der Waals surface area contributed by atoms with Crippen LogP contribution in [0.2, 0.25) is 0 Å². The van der Waals surface area contributed by atoms with Gasteiger partial charge in [0.1, 0.15) is 5.69 Å². The van der Waals surface area contributed by atoms with Crippen molar-refractivity contribution < 1.29 is 9.59 Å². The molecule has 4 rings (SSSR count). The molecule has 1 N–H and O–H groups in total. The quantitative estimate of drug-likeness (QED) is 0.699. The normalized spacial score (nSPS) is 16.5. The summed E-state index contributed by atoms with van der Waals surface area (Å²) in [5.74, 6) is -0.391. The van der Waals surface area contributed by atoms with E-state index in [1.165, 1.54) is 0 Å². The number of hydrogen-bond donors (Lipinski definition) is 1. The zero-order valence-electron chi connectivity index (χ0n) is 15.7. The topological polar surface area (TPSA) is 67.2 Å². The van der Waals surface area contributed by atoms with Gasteiger partial charge in [0, 0.05) is 30.9 Å². The lowest BCUT2D eigenvalue weighted by atomic mass is 10.1. The summed E-state index contributed by atoms with van der Waals surface area (Å²) in [7, 11) is 0. The van der Waals surface area contributed by atoms with Crippen LogP contribution in [0.25, 0.3) is 10.6 Å². The Labute approximate surface area is 167 Å². The van der Waals surface area contributed by atoms with E-state index in [0.717, 1.165) is 22.0 Å². The smallest absolute Gasteiger partial charge is 0.227 e. The Hall–Kier alpha value is -2.93. The third kappa shape index (κ3) is 3.84. The Kier molecular flexibility index (Phi) is 5.25. The molecule has 3 heterocycles. The molecular formula is C21H22N4O2S.